The number of rotatable bonds is 5. The number of sulfonamides is 1. The maximum absolute atomic E-state index is 11.5. The highest BCUT2D eigenvalue weighted by molar-refractivity contribution is 7.88. The van der Waals surface area contributed by atoms with Crippen molar-refractivity contribution in [3.63, 3.8) is 0 Å². The van der Waals surface area contributed by atoms with Gasteiger partial charge in [-0.15, -0.1) is 0 Å². The van der Waals surface area contributed by atoms with Gasteiger partial charge in [0.2, 0.25) is 15.9 Å². The van der Waals surface area contributed by atoms with E-state index in [-0.39, 0.29) is 17.7 Å². The van der Waals surface area contributed by atoms with Gasteiger partial charge in [0, 0.05) is 19.0 Å². The van der Waals surface area contributed by atoms with Crippen LogP contribution in [-0.2, 0) is 14.8 Å². The normalized spacial score (nSPS) is 21.1. The molecule has 0 aliphatic carbocycles. The predicted molar refractivity (Wildman–Crippen MR) is 71.3 cm³/mol. The molecule has 1 aliphatic heterocycles. The summed E-state index contributed by atoms with van der Waals surface area (Å²) < 4.78 is 24.3. The van der Waals surface area contributed by atoms with Crippen molar-refractivity contribution in [2.24, 2.45) is 23.5 Å². The second-order valence-electron chi connectivity index (χ2n) is 5.64. The predicted octanol–water partition coefficient (Wildman–Crippen LogP) is 0.806. The highest BCUT2D eigenvalue weighted by Crippen LogP contribution is 2.30. The molecule has 0 aromatic rings. The van der Waals surface area contributed by atoms with Crippen LogP contribution in [-0.4, -0.2) is 38.0 Å². The highest BCUT2D eigenvalue weighted by atomic mass is 32.2. The Hall–Kier alpha value is -0.620. The number of hydrogen-bond donors (Lipinski definition) is 1. The first kappa shape index (κ1) is 15.4. The van der Waals surface area contributed by atoms with Gasteiger partial charge in [-0.2, -0.15) is 0 Å². The van der Waals surface area contributed by atoms with Crippen molar-refractivity contribution in [2.75, 3.05) is 19.3 Å². The quantitative estimate of drug-likeness (QED) is 0.806. The van der Waals surface area contributed by atoms with Gasteiger partial charge in [-0.25, -0.2) is 12.7 Å². The Kier molecular flexibility index (Phi) is 5.16. The number of amides is 1. The lowest BCUT2D eigenvalue weighted by Crippen LogP contribution is -2.42. The summed E-state index contributed by atoms with van der Waals surface area (Å²) in [5, 5.41) is 0. The maximum atomic E-state index is 11.5. The minimum atomic E-state index is -3.10. The van der Waals surface area contributed by atoms with E-state index in [4.69, 9.17) is 5.73 Å². The fourth-order valence-corrected chi connectivity index (χ4v) is 3.53. The molecule has 18 heavy (non-hydrogen) atoms. The van der Waals surface area contributed by atoms with Crippen molar-refractivity contribution in [3.8, 4) is 0 Å². The third kappa shape index (κ3) is 4.24. The molecule has 0 spiro atoms. The number of carbonyl (C=O) groups is 1. The number of nitrogens with zero attached hydrogens (tertiary/aromatic N) is 1. The first-order valence-electron chi connectivity index (χ1n) is 6.46. The average Bonchev–Trinajstić information content (AvgIpc) is 2.24. The smallest absolute Gasteiger partial charge is 0.220 e. The van der Waals surface area contributed by atoms with Crippen molar-refractivity contribution in [1.82, 2.24) is 4.31 Å². The van der Waals surface area contributed by atoms with E-state index in [2.05, 4.69) is 13.8 Å². The molecular formula is C12H24N2O3S. The molecule has 0 saturated carbocycles. The average molecular weight is 276 g/mol. The second-order valence-corrected chi connectivity index (χ2v) is 7.62. The molecule has 0 bridgehead atoms. The lowest BCUT2D eigenvalue weighted by atomic mass is 9.80. The van der Waals surface area contributed by atoms with Gasteiger partial charge in [0.25, 0.3) is 0 Å². The summed E-state index contributed by atoms with van der Waals surface area (Å²) in [6, 6.07) is 0. The van der Waals surface area contributed by atoms with E-state index in [1.165, 1.54) is 10.6 Å². The van der Waals surface area contributed by atoms with Crippen LogP contribution in [0.4, 0.5) is 0 Å². The molecule has 1 atom stereocenters. The molecule has 1 amide bonds. The van der Waals surface area contributed by atoms with Crippen LogP contribution in [0.15, 0.2) is 0 Å². The minimum Gasteiger partial charge on any atom is -0.369 e. The van der Waals surface area contributed by atoms with E-state index >= 15 is 0 Å². The van der Waals surface area contributed by atoms with Gasteiger partial charge in [-0.3, -0.25) is 4.79 Å². The molecule has 2 N–H and O–H groups in total. The number of piperidine rings is 1. The lowest BCUT2D eigenvalue weighted by Gasteiger charge is -2.34. The van der Waals surface area contributed by atoms with Crippen LogP contribution < -0.4 is 5.73 Å². The molecule has 6 heteroatoms. The Bertz CT molecular complexity index is 384. The van der Waals surface area contributed by atoms with E-state index in [0.717, 1.165) is 19.3 Å². The van der Waals surface area contributed by atoms with Gasteiger partial charge >= 0.3 is 0 Å². The Morgan fingerprint density at radius 3 is 2.17 bits per heavy atom. The fourth-order valence-electron chi connectivity index (χ4n) is 2.66. The summed E-state index contributed by atoms with van der Waals surface area (Å²) in [4.78, 5) is 11.5. The van der Waals surface area contributed by atoms with Crippen LogP contribution >= 0.6 is 0 Å². The highest BCUT2D eigenvalue weighted by Gasteiger charge is 2.32. The largest absolute Gasteiger partial charge is 0.369 e. The van der Waals surface area contributed by atoms with Gasteiger partial charge in [-0.1, -0.05) is 13.8 Å². The molecule has 0 aromatic carbocycles. The second kappa shape index (κ2) is 6.02. The summed E-state index contributed by atoms with van der Waals surface area (Å²) >= 11 is 0. The molecule has 1 aliphatic rings. The van der Waals surface area contributed by atoms with Crippen molar-refractivity contribution >= 4 is 15.9 Å². The summed E-state index contributed by atoms with van der Waals surface area (Å²) in [5.41, 5.74) is 5.47. The molecule has 1 heterocycles. The standard InChI is InChI=1S/C12H24N2O3S/c1-9(2)8-11(12(13)15)10-4-6-14(7-5-10)18(3,16)17/h9-11H,4-8H2,1-3H3,(H2,13,15). The van der Waals surface area contributed by atoms with Crippen LogP contribution in [0.5, 0.6) is 0 Å². The van der Waals surface area contributed by atoms with E-state index in [1.54, 1.807) is 0 Å². The van der Waals surface area contributed by atoms with Crippen molar-refractivity contribution in [3.05, 3.63) is 0 Å². The van der Waals surface area contributed by atoms with Gasteiger partial charge < -0.3 is 5.73 Å². The lowest BCUT2D eigenvalue weighted by molar-refractivity contribution is -0.124. The zero-order valence-electron chi connectivity index (χ0n) is 11.4. The van der Waals surface area contributed by atoms with Gasteiger partial charge in [-0.05, 0) is 31.1 Å². The molecule has 5 nitrogen and oxygen atoms in total. The summed E-state index contributed by atoms with van der Waals surface area (Å²) in [7, 11) is -3.10. The molecule has 0 radical (unpaired) electrons. The monoisotopic (exact) mass is 276 g/mol. The van der Waals surface area contributed by atoms with Gasteiger partial charge in [0.1, 0.15) is 0 Å². The van der Waals surface area contributed by atoms with Gasteiger partial charge in [0.05, 0.1) is 6.26 Å². The molecule has 106 valence electrons. The maximum Gasteiger partial charge on any atom is 0.220 e. The topological polar surface area (TPSA) is 80.5 Å². The molecule has 1 fully saturated rings. The van der Waals surface area contributed by atoms with Crippen molar-refractivity contribution < 1.29 is 13.2 Å². The third-order valence-electron chi connectivity index (χ3n) is 3.63. The number of nitrogens with two attached hydrogens (primary N) is 1. The Morgan fingerprint density at radius 1 is 1.33 bits per heavy atom. The molecular weight excluding hydrogens is 252 g/mol. The van der Waals surface area contributed by atoms with Crippen LogP contribution in [0.2, 0.25) is 0 Å². The van der Waals surface area contributed by atoms with Crippen molar-refractivity contribution in [1.29, 1.82) is 0 Å². The first-order valence-corrected chi connectivity index (χ1v) is 8.31. The van der Waals surface area contributed by atoms with E-state index in [9.17, 15) is 13.2 Å². The van der Waals surface area contributed by atoms with E-state index in [1.807, 2.05) is 0 Å². The molecule has 1 saturated heterocycles. The summed E-state index contributed by atoms with van der Waals surface area (Å²) in [6.07, 6.45) is 3.48. The first-order chi connectivity index (χ1) is 8.21. The van der Waals surface area contributed by atoms with E-state index in [0.29, 0.717) is 19.0 Å². The Morgan fingerprint density at radius 2 is 1.83 bits per heavy atom. The molecule has 1 unspecified atom stereocenters. The van der Waals surface area contributed by atoms with Crippen LogP contribution in [0.25, 0.3) is 0 Å². The number of primary amides is 1. The zero-order valence-corrected chi connectivity index (χ0v) is 12.2. The fraction of sp³-hybridized carbons (Fsp3) is 0.917. The van der Waals surface area contributed by atoms with E-state index < -0.39 is 10.0 Å². The molecule has 1 rings (SSSR count). The van der Waals surface area contributed by atoms with Crippen LogP contribution in [0.1, 0.15) is 33.1 Å². The van der Waals surface area contributed by atoms with Crippen molar-refractivity contribution in [2.45, 2.75) is 33.1 Å². The summed E-state index contributed by atoms with van der Waals surface area (Å²) in [5.74, 6) is 0.284. The Balaban J connectivity index is 2.62. The van der Waals surface area contributed by atoms with Crippen LogP contribution in [0.3, 0.4) is 0 Å². The van der Waals surface area contributed by atoms with Gasteiger partial charge in [0.15, 0.2) is 0 Å². The minimum absolute atomic E-state index is 0.119. The molecule has 0 aromatic heterocycles. The SMILES string of the molecule is CC(C)CC(C(N)=O)C1CCN(S(C)(=O)=O)CC1. The number of hydrogen-bond acceptors (Lipinski definition) is 3. The zero-order chi connectivity index (χ0) is 13.9. The Labute approximate surface area is 110 Å². The summed E-state index contributed by atoms with van der Waals surface area (Å²) in [6.45, 7) is 5.15. The van der Waals surface area contributed by atoms with Crippen LogP contribution in [0, 0.1) is 17.8 Å². The third-order valence-corrected chi connectivity index (χ3v) is 4.93. The number of carbonyl (C=O) groups excluding carboxylic acids is 1.